The molecule has 0 unspecified atom stereocenters. The summed E-state index contributed by atoms with van der Waals surface area (Å²) < 4.78 is 11.7. The van der Waals surface area contributed by atoms with Gasteiger partial charge in [-0.1, -0.05) is 0 Å². The van der Waals surface area contributed by atoms with Gasteiger partial charge in [-0.05, 0) is 31.5 Å². The monoisotopic (exact) mass is 344 g/mol. The van der Waals surface area contributed by atoms with Crippen LogP contribution in [0.4, 0.5) is 0 Å². The maximum Gasteiger partial charge on any atom is 0.343 e. The summed E-state index contributed by atoms with van der Waals surface area (Å²) in [4.78, 5) is 24.3. The van der Waals surface area contributed by atoms with Crippen molar-refractivity contribution in [1.82, 2.24) is 4.68 Å². The Bertz CT molecular complexity index is 901. The van der Waals surface area contributed by atoms with Gasteiger partial charge in [-0.25, -0.2) is 4.79 Å². The highest BCUT2D eigenvalue weighted by Gasteiger charge is 2.27. The topological polar surface area (TPSA) is 81.0 Å². The van der Waals surface area contributed by atoms with E-state index in [4.69, 9.17) is 9.47 Å². The van der Waals surface area contributed by atoms with Crippen LogP contribution in [0, 0.1) is 0 Å². The molecule has 1 aliphatic heterocycles. The van der Waals surface area contributed by atoms with E-state index in [-0.39, 0.29) is 17.4 Å². The molecule has 0 amide bonds. The van der Waals surface area contributed by atoms with Crippen molar-refractivity contribution in [3.63, 3.8) is 0 Å². The Kier molecular flexibility index (Phi) is 4.16. The van der Waals surface area contributed by atoms with Crippen LogP contribution < -0.4 is 15.2 Å². The number of nitrogens with zero attached hydrogens (tertiary/aromatic N) is 2. The number of hydrogen-bond donors (Lipinski definition) is 1. The first-order valence-electron chi connectivity index (χ1n) is 7.89. The third kappa shape index (κ3) is 2.71. The lowest BCUT2D eigenvalue weighted by atomic mass is 9.99. The molecule has 0 saturated heterocycles. The minimum Gasteiger partial charge on any atom is -0.504 e. The number of carbonyl (C=O) groups excluding carboxylic acids is 1. The van der Waals surface area contributed by atoms with E-state index in [1.807, 2.05) is 18.9 Å². The number of aromatic hydroxyl groups is 1. The fraction of sp³-hybridized carbons (Fsp3) is 0.333. The second-order valence-corrected chi connectivity index (χ2v) is 6.15. The molecule has 0 spiro atoms. The molecule has 1 aromatic heterocycles. The summed E-state index contributed by atoms with van der Waals surface area (Å²) >= 11 is 0. The molecule has 0 radical (unpaired) electrons. The van der Waals surface area contributed by atoms with E-state index in [9.17, 15) is 14.7 Å². The smallest absolute Gasteiger partial charge is 0.343 e. The van der Waals surface area contributed by atoms with Gasteiger partial charge in [0, 0.05) is 23.9 Å². The predicted octanol–water partition coefficient (Wildman–Crippen LogP) is 1.88. The first-order chi connectivity index (χ1) is 11.9. The zero-order chi connectivity index (χ0) is 18.3. The number of aromatic nitrogens is 1. The molecular weight excluding hydrogens is 324 g/mol. The largest absolute Gasteiger partial charge is 0.504 e. The number of esters is 1. The molecule has 1 aromatic carbocycles. The van der Waals surface area contributed by atoms with Crippen LogP contribution in [0.5, 0.6) is 11.5 Å². The lowest BCUT2D eigenvalue weighted by Crippen LogP contribution is -2.44. The minimum atomic E-state index is -0.668. The molecule has 0 fully saturated rings. The van der Waals surface area contributed by atoms with Gasteiger partial charge in [0.2, 0.25) is 0 Å². The molecule has 7 heteroatoms. The molecule has 0 saturated carbocycles. The number of phenols is 1. The maximum atomic E-state index is 12.4. The molecule has 3 rings (SSSR count). The van der Waals surface area contributed by atoms with Crippen LogP contribution in [-0.4, -0.2) is 36.0 Å². The zero-order valence-electron chi connectivity index (χ0n) is 14.6. The highest BCUT2D eigenvalue weighted by Crippen LogP contribution is 2.38. The van der Waals surface area contributed by atoms with E-state index in [2.05, 4.69) is 0 Å². The van der Waals surface area contributed by atoms with Crippen molar-refractivity contribution < 1.29 is 19.4 Å². The number of carbonyl (C=O) groups is 1. The van der Waals surface area contributed by atoms with E-state index in [0.29, 0.717) is 18.0 Å². The molecule has 7 nitrogen and oxygen atoms in total. The van der Waals surface area contributed by atoms with Gasteiger partial charge < -0.3 is 19.6 Å². The Labute approximate surface area is 145 Å². The lowest BCUT2D eigenvalue weighted by Gasteiger charge is -2.38. The summed E-state index contributed by atoms with van der Waals surface area (Å²) in [5, 5.41) is 12.1. The summed E-state index contributed by atoms with van der Waals surface area (Å²) in [6.07, 6.45) is 1.51. The van der Waals surface area contributed by atoms with Gasteiger partial charge >= 0.3 is 5.97 Å². The summed E-state index contributed by atoms with van der Waals surface area (Å²) in [5.74, 6) is -0.294. The molecule has 2 heterocycles. The van der Waals surface area contributed by atoms with Gasteiger partial charge in [-0.2, -0.15) is 0 Å². The highest BCUT2D eigenvalue weighted by atomic mass is 16.5. The van der Waals surface area contributed by atoms with Crippen LogP contribution in [-0.2, 0) is 11.3 Å². The van der Waals surface area contributed by atoms with Crippen molar-refractivity contribution in [2.24, 2.45) is 0 Å². The molecule has 0 atom stereocenters. The van der Waals surface area contributed by atoms with Crippen molar-refractivity contribution in [2.45, 2.75) is 26.4 Å². The van der Waals surface area contributed by atoms with Crippen LogP contribution >= 0.6 is 0 Å². The average Bonchev–Trinajstić information content (AvgIpc) is 2.59. The number of benzene rings is 1. The van der Waals surface area contributed by atoms with Crippen molar-refractivity contribution in [1.29, 1.82) is 0 Å². The molecule has 0 aliphatic carbocycles. The third-order valence-corrected chi connectivity index (χ3v) is 4.32. The molecule has 0 bridgehead atoms. The molecule has 132 valence electrons. The Balaban J connectivity index is 2.29. The van der Waals surface area contributed by atoms with Crippen molar-refractivity contribution >= 4 is 5.97 Å². The van der Waals surface area contributed by atoms with Gasteiger partial charge in [0.05, 0.1) is 26.5 Å². The Morgan fingerprint density at radius 2 is 1.96 bits per heavy atom. The molecule has 2 aromatic rings. The molecular formula is C18H20N2O5. The summed E-state index contributed by atoms with van der Waals surface area (Å²) in [6.45, 7) is 4.53. The van der Waals surface area contributed by atoms with E-state index in [1.54, 1.807) is 16.8 Å². The number of phenolic OH excluding ortho intramolecular Hbond substituents is 1. The fourth-order valence-electron chi connectivity index (χ4n) is 3.03. The number of hydrogen-bond acceptors (Lipinski definition) is 6. The average molecular weight is 344 g/mol. The molecule has 1 N–H and O–H groups in total. The number of pyridine rings is 1. The Morgan fingerprint density at radius 3 is 2.56 bits per heavy atom. The fourth-order valence-corrected chi connectivity index (χ4v) is 3.03. The van der Waals surface area contributed by atoms with Crippen LogP contribution in [0.2, 0.25) is 0 Å². The summed E-state index contributed by atoms with van der Waals surface area (Å²) in [5.41, 5.74) is 1.84. The van der Waals surface area contributed by atoms with Crippen molar-refractivity contribution in [2.75, 3.05) is 19.2 Å². The second kappa shape index (κ2) is 6.16. The van der Waals surface area contributed by atoms with Crippen LogP contribution in [0.1, 0.15) is 29.8 Å². The predicted molar refractivity (Wildman–Crippen MR) is 92.8 cm³/mol. The maximum absolute atomic E-state index is 12.4. The normalized spacial score (nSPS) is 12.6. The number of rotatable bonds is 3. The number of fused-ring (bicyclic) bond motifs is 3. The van der Waals surface area contributed by atoms with Crippen LogP contribution in [0.25, 0.3) is 11.3 Å². The molecule has 1 aliphatic rings. The van der Waals surface area contributed by atoms with E-state index in [0.717, 1.165) is 11.1 Å². The van der Waals surface area contributed by atoms with Gasteiger partial charge in [-0.15, -0.1) is 0 Å². The first kappa shape index (κ1) is 16.9. The van der Waals surface area contributed by atoms with Gasteiger partial charge in [0.15, 0.2) is 16.9 Å². The van der Waals surface area contributed by atoms with Crippen molar-refractivity contribution in [3.8, 4) is 22.8 Å². The highest BCUT2D eigenvalue weighted by molar-refractivity contribution is 5.89. The number of ether oxygens (including phenoxy) is 2. The lowest BCUT2D eigenvalue weighted by molar-refractivity contribution is 0.0598. The Hall–Kier alpha value is -2.96. The van der Waals surface area contributed by atoms with Crippen LogP contribution in [0.3, 0.4) is 0 Å². The quantitative estimate of drug-likeness (QED) is 0.856. The van der Waals surface area contributed by atoms with Gasteiger partial charge in [0.1, 0.15) is 5.56 Å². The zero-order valence-corrected chi connectivity index (χ0v) is 14.6. The molecule has 25 heavy (non-hydrogen) atoms. The summed E-state index contributed by atoms with van der Waals surface area (Å²) in [6, 6.07) is 4.86. The Morgan fingerprint density at radius 1 is 1.24 bits per heavy atom. The van der Waals surface area contributed by atoms with E-state index in [1.165, 1.54) is 26.5 Å². The van der Waals surface area contributed by atoms with E-state index >= 15 is 0 Å². The number of methoxy groups -OCH3 is 2. The third-order valence-electron chi connectivity index (χ3n) is 4.32. The van der Waals surface area contributed by atoms with E-state index < -0.39 is 11.4 Å². The van der Waals surface area contributed by atoms with Gasteiger partial charge in [0.25, 0.3) is 0 Å². The first-order valence-corrected chi connectivity index (χ1v) is 7.89. The second-order valence-electron chi connectivity index (χ2n) is 6.15. The summed E-state index contributed by atoms with van der Waals surface area (Å²) in [7, 11) is 2.72. The van der Waals surface area contributed by atoms with Crippen molar-refractivity contribution in [3.05, 3.63) is 45.7 Å². The van der Waals surface area contributed by atoms with Gasteiger partial charge in [-0.3, -0.25) is 9.47 Å². The SMILES string of the molecule is COC(=O)c1cn2c(cc1=O)-c1cc(OC)c(O)cc1CN2C(C)C. The standard InChI is InChI=1S/C18H20N2O5/c1-10(2)19-8-11-5-16(22)17(24-3)6-12(11)14-7-15(21)13(9-20(14)19)18(23)25-4/h5-7,9-10,22H,8H2,1-4H3. The minimum absolute atomic E-state index is 0.0221. The van der Waals surface area contributed by atoms with Crippen LogP contribution in [0.15, 0.2) is 29.2 Å².